The second kappa shape index (κ2) is 5.69. The van der Waals surface area contributed by atoms with Gasteiger partial charge in [0.25, 0.3) is 0 Å². The number of nitrogens with zero attached hydrogens (tertiary/aromatic N) is 1. The number of hydrogen-bond donors (Lipinski definition) is 1. The lowest BCUT2D eigenvalue weighted by atomic mass is 9.75. The lowest BCUT2D eigenvalue weighted by Gasteiger charge is -2.29. The van der Waals surface area contributed by atoms with E-state index >= 15 is 0 Å². The van der Waals surface area contributed by atoms with E-state index < -0.39 is 0 Å². The van der Waals surface area contributed by atoms with Crippen molar-refractivity contribution in [2.45, 2.75) is 33.1 Å². The van der Waals surface area contributed by atoms with Crippen LogP contribution >= 0.6 is 0 Å². The van der Waals surface area contributed by atoms with Crippen molar-refractivity contribution in [3.8, 4) is 5.75 Å². The molecule has 1 N–H and O–H groups in total. The van der Waals surface area contributed by atoms with Gasteiger partial charge in [0.1, 0.15) is 5.75 Å². The molecule has 4 rings (SSSR count). The van der Waals surface area contributed by atoms with Gasteiger partial charge < -0.3 is 5.11 Å². The highest BCUT2D eigenvalue weighted by Gasteiger charge is 2.31. The van der Waals surface area contributed by atoms with Crippen LogP contribution in [-0.2, 0) is 12.8 Å². The minimum atomic E-state index is -0.0213. The average molecular weight is 331 g/mol. The summed E-state index contributed by atoms with van der Waals surface area (Å²) in [5.74, 6) is 0.451. The monoisotopic (exact) mass is 331 g/mol. The van der Waals surface area contributed by atoms with Crippen LogP contribution < -0.4 is 0 Å². The van der Waals surface area contributed by atoms with Gasteiger partial charge in [0, 0.05) is 30.2 Å². The van der Waals surface area contributed by atoms with Gasteiger partial charge in [-0.3, -0.25) is 9.78 Å². The third-order valence-corrected chi connectivity index (χ3v) is 5.01. The number of carbonyl (C=O) groups is 1. The summed E-state index contributed by atoms with van der Waals surface area (Å²) in [5.41, 5.74) is 3.46. The summed E-state index contributed by atoms with van der Waals surface area (Å²) in [4.78, 5) is 17.1. The molecule has 1 heterocycles. The Bertz CT molecular complexity index is 988. The summed E-state index contributed by atoms with van der Waals surface area (Å²) in [5, 5.41) is 12.5. The van der Waals surface area contributed by atoms with Crippen LogP contribution in [-0.4, -0.2) is 15.9 Å². The van der Waals surface area contributed by atoms with Crippen molar-refractivity contribution >= 4 is 16.6 Å². The number of pyridine rings is 1. The Morgan fingerprint density at radius 1 is 1.12 bits per heavy atom. The van der Waals surface area contributed by atoms with Gasteiger partial charge in [-0.25, -0.2) is 0 Å². The number of fused-ring (bicyclic) bond motifs is 2. The Balaban J connectivity index is 1.75. The molecular weight excluding hydrogens is 310 g/mol. The van der Waals surface area contributed by atoms with Crippen LogP contribution in [0.1, 0.15) is 47.4 Å². The number of phenolic OH excluding ortho intramolecular Hbond substituents is 1. The maximum Gasteiger partial charge on any atom is 0.165 e. The Hall–Kier alpha value is -2.68. The predicted octanol–water partition coefficient (Wildman–Crippen LogP) is 4.69. The number of aromatic hydroxyl groups is 1. The molecule has 126 valence electrons. The third-order valence-electron chi connectivity index (χ3n) is 5.01. The van der Waals surface area contributed by atoms with Crippen LogP contribution in [0.3, 0.4) is 0 Å². The molecule has 1 aliphatic carbocycles. The van der Waals surface area contributed by atoms with Gasteiger partial charge in [-0.05, 0) is 40.3 Å². The molecule has 0 radical (unpaired) electrons. The Kier molecular flexibility index (Phi) is 3.60. The predicted molar refractivity (Wildman–Crippen MR) is 99.1 cm³/mol. The number of hydrogen-bond acceptors (Lipinski definition) is 3. The summed E-state index contributed by atoms with van der Waals surface area (Å²) >= 11 is 0. The standard InChI is InChI=1S/C22H21NO2/c1-22(2)11-19-18(21(25)12-22)10-14(13-23-19)9-17-16-6-4-3-5-15(16)7-8-20(17)24/h3-8,10,13,24H,9,11-12H2,1-2H3. The fourth-order valence-electron chi connectivity index (χ4n) is 3.78. The van der Waals surface area contributed by atoms with Crippen molar-refractivity contribution in [2.24, 2.45) is 5.41 Å². The van der Waals surface area contributed by atoms with Gasteiger partial charge in [-0.15, -0.1) is 0 Å². The van der Waals surface area contributed by atoms with Crippen LogP contribution in [0.25, 0.3) is 10.8 Å². The molecule has 0 spiro atoms. The van der Waals surface area contributed by atoms with E-state index in [1.54, 1.807) is 6.07 Å². The molecule has 0 unspecified atom stereocenters. The van der Waals surface area contributed by atoms with Gasteiger partial charge in [0.15, 0.2) is 5.78 Å². The number of rotatable bonds is 2. The quantitative estimate of drug-likeness (QED) is 0.741. The zero-order valence-electron chi connectivity index (χ0n) is 14.5. The molecule has 2 aromatic carbocycles. The fraction of sp³-hybridized carbons (Fsp3) is 0.273. The van der Waals surface area contributed by atoms with Crippen molar-refractivity contribution < 1.29 is 9.90 Å². The van der Waals surface area contributed by atoms with E-state index in [1.807, 2.05) is 42.6 Å². The average Bonchev–Trinajstić information content (AvgIpc) is 2.57. The highest BCUT2D eigenvalue weighted by molar-refractivity contribution is 5.98. The van der Waals surface area contributed by atoms with Crippen molar-refractivity contribution in [1.82, 2.24) is 4.98 Å². The number of aromatic nitrogens is 1. The molecule has 3 heteroatoms. The molecule has 1 aromatic heterocycles. The summed E-state index contributed by atoms with van der Waals surface area (Å²) in [6.45, 7) is 4.22. The fourth-order valence-corrected chi connectivity index (χ4v) is 3.78. The molecule has 0 aliphatic heterocycles. The number of ketones is 1. The third kappa shape index (κ3) is 2.91. The second-order valence-electron chi connectivity index (χ2n) is 7.74. The maximum absolute atomic E-state index is 12.5. The first-order valence-electron chi connectivity index (χ1n) is 8.63. The van der Waals surface area contributed by atoms with Gasteiger partial charge in [0.05, 0.1) is 5.69 Å². The largest absolute Gasteiger partial charge is 0.508 e. The molecule has 0 saturated heterocycles. The van der Waals surface area contributed by atoms with E-state index in [-0.39, 0.29) is 16.9 Å². The van der Waals surface area contributed by atoms with Gasteiger partial charge in [-0.1, -0.05) is 44.2 Å². The van der Waals surface area contributed by atoms with E-state index in [0.29, 0.717) is 12.8 Å². The van der Waals surface area contributed by atoms with Gasteiger partial charge in [0.2, 0.25) is 0 Å². The Morgan fingerprint density at radius 2 is 1.92 bits per heavy atom. The summed E-state index contributed by atoms with van der Waals surface area (Å²) in [6, 6.07) is 13.6. The normalized spacial score (nSPS) is 16.0. The molecule has 3 nitrogen and oxygen atoms in total. The first-order chi connectivity index (χ1) is 11.9. The molecule has 0 saturated carbocycles. The van der Waals surface area contributed by atoms with Crippen LogP contribution in [0.5, 0.6) is 5.75 Å². The zero-order valence-corrected chi connectivity index (χ0v) is 14.5. The second-order valence-corrected chi connectivity index (χ2v) is 7.74. The molecule has 1 aliphatic rings. The molecule has 25 heavy (non-hydrogen) atoms. The van der Waals surface area contributed by atoms with Crippen LogP contribution in [0, 0.1) is 5.41 Å². The Labute approximate surface area is 147 Å². The van der Waals surface area contributed by atoms with Crippen molar-refractivity contribution in [1.29, 1.82) is 0 Å². The lowest BCUT2D eigenvalue weighted by molar-refractivity contribution is 0.0910. The SMILES string of the molecule is CC1(C)CC(=O)c2cc(Cc3c(O)ccc4ccccc34)cnc2C1. The van der Waals surface area contributed by atoms with Crippen molar-refractivity contribution in [2.75, 3.05) is 0 Å². The van der Waals surface area contributed by atoms with Gasteiger partial charge >= 0.3 is 0 Å². The maximum atomic E-state index is 12.5. The number of Topliss-reactive ketones (excluding diaryl/α,β-unsaturated/α-hetero) is 1. The number of benzene rings is 2. The van der Waals surface area contributed by atoms with Crippen LogP contribution in [0.2, 0.25) is 0 Å². The topological polar surface area (TPSA) is 50.2 Å². The van der Waals surface area contributed by atoms with Gasteiger partial charge in [-0.2, -0.15) is 0 Å². The van der Waals surface area contributed by atoms with E-state index in [4.69, 9.17) is 0 Å². The summed E-state index contributed by atoms with van der Waals surface area (Å²) < 4.78 is 0. The van der Waals surface area contributed by atoms with Crippen molar-refractivity contribution in [3.63, 3.8) is 0 Å². The minimum Gasteiger partial charge on any atom is -0.508 e. The molecule has 0 fully saturated rings. The molecule has 3 aromatic rings. The van der Waals surface area contributed by atoms with E-state index in [1.165, 1.54) is 0 Å². The number of phenols is 1. The van der Waals surface area contributed by atoms with E-state index in [0.717, 1.165) is 39.6 Å². The Morgan fingerprint density at radius 3 is 2.76 bits per heavy atom. The van der Waals surface area contributed by atoms with Crippen LogP contribution in [0.15, 0.2) is 48.7 Å². The summed E-state index contributed by atoms with van der Waals surface area (Å²) in [6.07, 6.45) is 3.79. The summed E-state index contributed by atoms with van der Waals surface area (Å²) in [7, 11) is 0. The molecule has 0 atom stereocenters. The van der Waals surface area contributed by atoms with Crippen LogP contribution in [0.4, 0.5) is 0 Å². The molecule has 0 bridgehead atoms. The molecular formula is C22H21NO2. The minimum absolute atomic E-state index is 0.0213. The first-order valence-corrected chi connectivity index (χ1v) is 8.63. The van der Waals surface area contributed by atoms with Crippen molar-refractivity contribution in [3.05, 3.63) is 71.0 Å². The van der Waals surface area contributed by atoms with E-state index in [2.05, 4.69) is 18.8 Å². The lowest BCUT2D eigenvalue weighted by Crippen LogP contribution is -2.28. The van der Waals surface area contributed by atoms with E-state index in [9.17, 15) is 9.90 Å². The smallest absolute Gasteiger partial charge is 0.165 e. The zero-order chi connectivity index (χ0) is 17.6. The highest BCUT2D eigenvalue weighted by Crippen LogP contribution is 2.35. The number of carbonyl (C=O) groups excluding carboxylic acids is 1. The first kappa shape index (κ1) is 15.8. The molecule has 0 amide bonds. The highest BCUT2D eigenvalue weighted by atomic mass is 16.3.